The highest BCUT2D eigenvalue weighted by atomic mass is 19.4. The number of halogens is 3. The molecule has 0 amide bonds. The van der Waals surface area contributed by atoms with Crippen molar-refractivity contribution in [2.45, 2.75) is 18.6 Å². The van der Waals surface area contributed by atoms with Gasteiger partial charge in [0, 0.05) is 6.04 Å². The maximum atomic E-state index is 12.6. The highest BCUT2D eigenvalue weighted by Gasteiger charge is 2.30. The first-order valence-electron chi connectivity index (χ1n) is 5.93. The molecule has 0 aliphatic rings. The quantitative estimate of drug-likeness (QED) is 0.893. The van der Waals surface area contributed by atoms with Gasteiger partial charge in [0.15, 0.2) is 0 Å². The molecule has 0 aromatic heterocycles. The number of benzene rings is 2. The molecule has 2 rings (SSSR count). The molecule has 0 saturated heterocycles. The minimum absolute atomic E-state index is 0.440. The molecule has 0 spiro atoms. The standard InChI is InChI=1S/C15H14F3N/c16-15(17,18)13-8-4-7-12(10-13)14(19)9-11-5-2-1-3-6-11/h1-8,10,14H,9,19H2. The van der Waals surface area contributed by atoms with Gasteiger partial charge in [0.2, 0.25) is 0 Å². The fourth-order valence-electron chi connectivity index (χ4n) is 1.93. The van der Waals surface area contributed by atoms with E-state index in [4.69, 9.17) is 5.73 Å². The van der Waals surface area contributed by atoms with Crippen LogP contribution in [0.15, 0.2) is 54.6 Å². The third kappa shape index (κ3) is 3.58. The summed E-state index contributed by atoms with van der Waals surface area (Å²) in [5.74, 6) is 0. The van der Waals surface area contributed by atoms with Gasteiger partial charge >= 0.3 is 6.18 Å². The molecule has 0 bridgehead atoms. The Balaban J connectivity index is 2.18. The number of alkyl halides is 3. The normalized spacial score (nSPS) is 13.3. The lowest BCUT2D eigenvalue weighted by atomic mass is 9.98. The minimum atomic E-state index is -4.33. The van der Waals surface area contributed by atoms with Gasteiger partial charge in [-0.2, -0.15) is 13.2 Å². The van der Waals surface area contributed by atoms with Crippen LogP contribution in [0.25, 0.3) is 0 Å². The molecule has 0 radical (unpaired) electrons. The molecule has 0 saturated carbocycles. The second kappa shape index (κ2) is 5.45. The maximum Gasteiger partial charge on any atom is 0.416 e. The highest BCUT2D eigenvalue weighted by molar-refractivity contribution is 5.29. The van der Waals surface area contributed by atoms with E-state index in [0.717, 1.165) is 17.7 Å². The van der Waals surface area contributed by atoms with Crippen LogP contribution in [0.5, 0.6) is 0 Å². The predicted molar refractivity (Wildman–Crippen MR) is 68.5 cm³/mol. The van der Waals surface area contributed by atoms with E-state index < -0.39 is 17.8 Å². The molecule has 2 aromatic rings. The molecular formula is C15H14F3N. The van der Waals surface area contributed by atoms with Gasteiger partial charge in [-0.25, -0.2) is 0 Å². The van der Waals surface area contributed by atoms with Gasteiger partial charge < -0.3 is 5.73 Å². The summed E-state index contributed by atoms with van der Waals surface area (Å²) in [4.78, 5) is 0. The Bertz CT molecular complexity index is 535. The second-order valence-electron chi connectivity index (χ2n) is 4.42. The third-order valence-electron chi connectivity index (χ3n) is 2.94. The third-order valence-corrected chi connectivity index (χ3v) is 2.94. The Hall–Kier alpha value is -1.81. The molecule has 2 N–H and O–H groups in total. The Labute approximate surface area is 109 Å². The topological polar surface area (TPSA) is 26.0 Å². The van der Waals surface area contributed by atoms with Gasteiger partial charge in [0.25, 0.3) is 0 Å². The zero-order chi connectivity index (χ0) is 13.9. The summed E-state index contributed by atoms with van der Waals surface area (Å²) in [6.07, 6.45) is -3.81. The van der Waals surface area contributed by atoms with Crippen LogP contribution in [0.3, 0.4) is 0 Å². The van der Waals surface area contributed by atoms with E-state index in [1.807, 2.05) is 30.3 Å². The summed E-state index contributed by atoms with van der Waals surface area (Å²) < 4.78 is 37.9. The Morgan fingerprint density at radius 2 is 1.63 bits per heavy atom. The lowest BCUT2D eigenvalue weighted by Gasteiger charge is -2.14. The maximum absolute atomic E-state index is 12.6. The van der Waals surface area contributed by atoms with E-state index in [1.165, 1.54) is 6.07 Å². The van der Waals surface area contributed by atoms with E-state index in [-0.39, 0.29) is 0 Å². The van der Waals surface area contributed by atoms with Crippen molar-refractivity contribution in [1.29, 1.82) is 0 Å². The van der Waals surface area contributed by atoms with Crippen LogP contribution in [0.1, 0.15) is 22.7 Å². The van der Waals surface area contributed by atoms with Crippen LogP contribution in [-0.2, 0) is 12.6 Å². The van der Waals surface area contributed by atoms with E-state index in [9.17, 15) is 13.2 Å². The predicted octanol–water partition coefficient (Wildman–Crippen LogP) is 3.95. The fraction of sp³-hybridized carbons (Fsp3) is 0.200. The van der Waals surface area contributed by atoms with E-state index in [1.54, 1.807) is 6.07 Å². The SMILES string of the molecule is NC(Cc1ccccc1)c1cccc(C(F)(F)F)c1. The number of hydrogen-bond donors (Lipinski definition) is 1. The monoisotopic (exact) mass is 265 g/mol. The van der Waals surface area contributed by atoms with Crippen molar-refractivity contribution in [2.75, 3.05) is 0 Å². The second-order valence-corrected chi connectivity index (χ2v) is 4.42. The van der Waals surface area contributed by atoms with E-state index in [0.29, 0.717) is 12.0 Å². The molecule has 0 aliphatic carbocycles. The van der Waals surface area contributed by atoms with Crippen molar-refractivity contribution in [3.63, 3.8) is 0 Å². The zero-order valence-corrected chi connectivity index (χ0v) is 10.2. The van der Waals surface area contributed by atoms with Gasteiger partial charge in [-0.1, -0.05) is 42.5 Å². The van der Waals surface area contributed by atoms with Crippen molar-refractivity contribution in [3.05, 3.63) is 71.3 Å². The number of rotatable bonds is 3. The smallest absolute Gasteiger partial charge is 0.324 e. The molecule has 1 nitrogen and oxygen atoms in total. The first-order chi connectivity index (χ1) is 8.97. The molecule has 4 heteroatoms. The summed E-state index contributed by atoms with van der Waals surface area (Å²) in [6.45, 7) is 0. The van der Waals surface area contributed by atoms with Crippen LogP contribution in [0.2, 0.25) is 0 Å². The fourth-order valence-corrected chi connectivity index (χ4v) is 1.93. The van der Waals surface area contributed by atoms with Gasteiger partial charge in [0.1, 0.15) is 0 Å². The van der Waals surface area contributed by atoms with E-state index >= 15 is 0 Å². The molecular weight excluding hydrogens is 251 g/mol. The van der Waals surface area contributed by atoms with Gasteiger partial charge in [0.05, 0.1) is 5.56 Å². The van der Waals surface area contributed by atoms with Crippen molar-refractivity contribution < 1.29 is 13.2 Å². The van der Waals surface area contributed by atoms with Crippen LogP contribution >= 0.6 is 0 Å². The van der Waals surface area contributed by atoms with Crippen molar-refractivity contribution in [3.8, 4) is 0 Å². The zero-order valence-electron chi connectivity index (χ0n) is 10.2. The summed E-state index contributed by atoms with van der Waals surface area (Å²) in [5.41, 5.74) is 6.82. The Kier molecular flexibility index (Phi) is 3.90. The summed E-state index contributed by atoms with van der Waals surface area (Å²) in [5, 5.41) is 0. The molecule has 2 aromatic carbocycles. The summed E-state index contributed by atoms with van der Waals surface area (Å²) in [6, 6.07) is 14.2. The summed E-state index contributed by atoms with van der Waals surface area (Å²) >= 11 is 0. The van der Waals surface area contributed by atoms with E-state index in [2.05, 4.69) is 0 Å². The average molecular weight is 265 g/mol. The largest absolute Gasteiger partial charge is 0.416 e. The van der Waals surface area contributed by atoms with Crippen LogP contribution in [-0.4, -0.2) is 0 Å². The van der Waals surface area contributed by atoms with Crippen LogP contribution in [0, 0.1) is 0 Å². The number of hydrogen-bond acceptors (Lipinski definition) is 1. The molecule has 19 heavy (non-hydrogen) atoms. The molecule has 1 atom stereocenters. The molecule has 0 aliphatic heterocycles. The van der Waals surface area contributed by atoms with Crippen LogP contribution in [0.4, 0.5) is 13.2 Å². The van der Waals surface area contributed by atoms with Crippen LogP contribution < -0.4 is 5.73 Å². The molecule has 100 valence electrons. The minimum Gasteiger partial charge on any atom is -0.324 e. The molecule has 0 heterocycles. The first kappa shape index (κ1) is 13.6. The van der Waals surface area contributed by atoms with Crippen molar-refractivity contribution in [1.82, 2.24) is 0 Å². The van der Waals surface area contributed by atoms with Gasteiger partial charge in [-0.15, -0.1) is 0 Å². The summed E-state index contributed by atoms with van der Waals surface area (Å²) in [7, 11) is 0. The molecule has 0 fully saturated rings. The molecule has 1 unspecified atom stereocenters. The Morgan fingerprint density at radius 1 is 0.947 bits per heavy atom. The van der Waals surface area contributed by atoms with Gasteiger partial charge in [-0.3, -0.25) is 0 Å². The average Bonchev–Trinajstić information content (AvgIpc) is 2.39. The lowest BCUT2D eigenvalue weighted by molar-refractivity contribution is -0.137. The van der Waals surface area contributed by atoms with Gasteiger partial charge in [-0.05, 0) is 29.7 Å². The highest BCUT2D eigenvalue weighted by Crippen LogP contribution is 2.30. The van der Waals surface area contributed by atoms with Crippen molar-refractivity contribution >= 4 is 0 Å². The Morgan fingerprint density at radius 3 is 2.26 bits per heavy atom. The number of nitrogens with two attached hydrogens (primary N) is 1. The lowest BCUT2D eigenvalue weighted by Crippen LogP contribution is -2.15. The first-order valence-corrected chi connectivity index (χ1v) is 5.93. The van der Waals surface area contributed by atoms with Crippen molar-refractivity contribution in [2.24, 2.45) is 5.73 Å².